The molecule has 2 nitrogen and oxygen atoms in total. The van der Waals surface area contributed by atoms with Gasteiger partial charge in [-0.3, -0.25) is 5.32 Å². The number of ether oxygens (including phenoxy) is 1. The predicted octanol–water partition coefficient (Wildman–Crippen LogP) is 3.71. The van der Waals surface area contributed by atoms with Crippen LogP contribution in [0.3, 0.4) is 0 Å². The van der Waals surface area contributed by atoms with Crippen LogP contribution in [-0.2, 0) is 4.74 Å². The van der Waals surface area contributed by atoms with Gasteiger partial charge in [0.05, 0.1) is 5.60 Å². The molecule has 0 unspecified atom stereocenters. The fraction of sp³-hybridized carbons (Fsp3) is 1.00. The summed E-state index contributed by atoms with van der Waals surface area (Å²) in [6.45, 7) is 11.3. The first-order chi connectivity index (χ1) is 7.57. The molecule has 0 bridgehead atoms. The van der Waals surface area contributed by atoms with Crippen LogP contribution < -0.4 is 5.32 Å². The van der Waals surface area contributed by atoms with Crippen molar-refractivity contribution in [2.75, 3.05) is 0 Å². The number of hydrogen-bond acceptors (Lipinski definition) is 2. The van der Waals surface area contributed by atoms with E-state index < -0.39 is 0 Å². The van der Waals surface area contributed by atoms with Crippen LogP contribution in [0.2, 0.25) is 0 Å². The topological polar surface area (TPSA) is 21.3 Å². The third kappa shape index (κ3) is 2.98. The molecule has 0 spiro atoms. The lowest BCUT2D eigenvalue weighted by Crippen LogP contribution is -2.43. The molecule has 1 fully saturated rings. The minimum atomic E-state index is 0.0874. The summed E-state index contributed by atoms with van der Waals surface area (Å²) in [6.07, 6.45) is 6.07. The summed E-state index contributed by atoms with van der Waals surface area (Å²) in [7, 11) is 0. The van der Waals surface area contributed by atoms with Gasteiger partial charge in [0.25, 0.3) is 0 Å². The van der Waals surface area contributed by atoms with E-state index in [4.69, 9.17) is 4.74 Å². The summed E-state index contributed by atoms with van der Waals surface area (Å²) in [5.74, 6) is 0.735. The smallest absolute Gasteiger partial charge is 0.109 e. The number of rotatable bonds is 6. The average Bonchev–Trinajstić information content (AvgIpc) is 2.56. The monoisotopic (exact) mass is 227 g/mol. The number of nitrogens with one attached hydrogen (secondary N) is 1. The highest BCUT2D eigenvalue weighted by Crippen LogP contribution is 2.35. The van der Waals surface area contributed by atoms with Crippen molar-refractivity contribution in [3.63, 3.8) is 0 Å². The van der Waals surface area contributed by atoms with Gasteiger partial charge < -0.3 is 4.74 Å². The minimum absolute atomic E-state index is 0.0874. The Bertz CT molecular complexity index is 199. The van der Waals surface area contributed by atoms with E-state index in [2.05, 4.69) is 39.9 Å². The third-order valence-corrected chi connectivity index (χ3v) is 3.85. The lowest BCUT2D eigenvalue weighted by molar-refractivity contribution is -0.0577. The maximum atomic E-state index is 6.29. The van der Waals surface area contributed by atoms with Crippen LogP contribution >= 0.6 is 0 Å². The van der Waals surface area contributed by atoms with Gasteiger partial charge in [-0.15, -0.1) is 0 Å². The van der Waals surface area contributed by atoms with Crippen molar-refractivity contribution in [2.24, 2.45) is 5.92 Å². The van der Waals surface area contributed by atoms with Gasteiger partial charge in [0.1, 0.15) is 6.23 Å². The normalized spacial score (nSPS) is 28.9. The molecule has 0 saturated carbocycles. The minimum Gasteiger partial charge on any atom is -0.355 e. The Morgan fingerprint density at radius 3 is 2.25 bits per heavy atom. The molecule has 96 valence electrons. The summed E-state index contributed by atoms with van der Waals surface area (Å²) in [4.78, 5) is 0. The molecule has 0 aromatic heterocycles. The predicted molar refractivity (Wildman–Crippen MR) is 69.5 cm³/mol. The van der Waals surface area contributed by atoms with Gasteiger partial charge in [0.2, 0.25) is 0 Å². The highest BCUT2D eigenvalue weighted by Gasteiger charge is 2.45. The second-order valence-corrected chi connectivity index (χ2v) is 5.52. The molecule has 1 N–H and O–H groups in total. The van der Waals surface area contributed by atoms with Gasteiger partial charge in [-0.2, -0.15) is 0 Å². The summed E-state index contributed by atoms with van der Waals surface area (Å²) >= 11 is 0. The van der Waals surface area contributed by atoms with E-state index in [9.17, 15) is 0 Å². The Balaban J connectivity index is 2.69. The van der Waals surface area contributed by atoms with Gasteiger partial charge in [-0.1, -0.05) is 41.0 Å². The molecule has 2 heteroatoms. The Morgan fingerprint density at radius 1 is 1.19 bits per heavy atom. The van der Waals surface area contributed by atoms with E-state index >= 15 is 0 Å². The van der Waals surface area contributed by atoms with Crippen molar-refractivity contribution < 1.29 is 4.74 Å². The zero-order valence-electron chi connectivity index (χ0n) is 11.7. The molecule has 2 atom stereocenters. The highest BCUT2D eigenvalue weighted by molar-refractivity contribution is 4.98. The molecule has 0 aromatic carbocycles. The zero-order valence-corrected chi connectivity index (χ0v) is 11.7. The standard InChI is InChI=1S/C14H29NO/c1-6-9-13-15-12(10-11(4)5)14(7-2,8-3)16-13/h11-13,15H,6-10H2,1-5H3/t12-,13-/m0/s1. The van der Waals surface area contributed by atoms with Crippen molar-refractivity contribution in [2.45, 2.75) is 84.6 Å². The second kappa shape index (κ2) is 6.02. The van der Waals surface area contributed by atoms with E-state index in [0.29, 0.717) is 6.04 Å². The maximum absolute atomic E-state index is 6.29. The first-order valence-electron chi connectivity index (χ1n) is 7.01. The summed E-state index contributed by atoms with van der Waals surface area (Å²) in [5.41, 5.74) is 0.0874. The quantitative estimate of drug-likeness (QED) is 0.747. The van der Waals surface area contributed by atoms with Crippen molar-refractivity contribution in [3.05, 3.63) is 0 Å². The molecule has 1 heterocycles. The molecule has 0 amide bonds. The second-order valence-electron chi connectivity index (χ2n) is 5.52. The summed E-state index contributed by atoms with van der Waals surface area (Å²) in [5, 5.41) is 3.69. The molecule has 1 rings (SSSR count). The Kier molecular flexibility index (Phi) is 5.26. The van der Waals surface area contributed by atoms with Gasteiger partial charge in [0.15, 0.2) is 0 Å². The van der Waals surface area contributed by atoms with Gasteiger partial charge >= 0.3 is 0 Å². The Hall–Kier alpha value is -0.0800. The van der Waals surface area contributed by atoms with Gasteiger partial charge in [-0.05, 0) is 31.6 Å². The molecule has 0 aliphatic carbocycles. The Labute approximate surface area is 101 Å². The summed E-state index contributed by atoms with van der Waals surface area (Å²) in [6, 6.07) is 0.541. The van der Waals surface area contributed by atoms with Crippen LogP contribution in [0.1, 0.15) is 66.7 Å². The van der Waals surface area contributed by atoms with Crippen molar-refractivity contribution in [1.82, 2.24) is 5.32 Å². The SMILES string of the molecule is CCC[C@H]1N[C@@H](CC(C)C)C(CC)(CC)O1. The largest absolute Gasteiger partial charge is 0.355 e. The maximum Gasteiger partial charge on any atom is 0.109 e. The van der Waals surface area contributed by atoms with E-state index in [1.807, 2.05) is 0 Å². The molecule has 1 aliphatic heterocycles. The fourth-order valence-corrected chi connectivity index (χ4v) is 2.84. The summed E-state index contributed by atoms with van der Waals surface area (Å²) < 4.78 is 6.29. The van der Waals surface area contributed by atoms with Crippen LogP contribution in [-0.4, -0.2) is 17.9 Å². The lowest BCUT2D eigenvalue weighted by Gasteiger charge is -2.32. The molecule has 16 heavy (non-hydrogen) atoms. The van der Waals surface area contributed by atoms with Crippen LogP contribution in [0.4, 0.5) is 0 Å². The average molecular weight is 227 g/mol. The van der Waals surface area contributed by atoms with Gasteiger partial charge in [0, 0.05) is 6.04 Å². The Morgan fingerprint density at radius 2 is 1.81 bits per heavy atom. The molecular weight excluding hydrogens is 198 g/mol. The molecule has 0 aromatic rings. The molecule has 0 radical (unpaired) electrons. The molecule has 1 saturated heterocycles. The van der Waals surface area contributed by atoms with Crippen molar-refractivity contribution >= 4 is 0 Å². The molecule has 1 aliphatic rings. The first-order valence-corrected chi connectivity index (χ1v) is 7.01. The van der Waals surface area contributed by atoms with Crippen LogP contribution in [0.25, 0.3) is 0 Å². The van der Waals surface area contributed by atoms with Crippen LogP contribution in [0, 0.1) is 5.92 Å². The van der Waals surface area contributed by atoms with Crippen molar-refractivity contribution in [1.29, 1.82) is 0 Å². The van der Waals surface area contributed by atoms with Crippen LogP contribution in [0.5, 0.6) is 0 Å². The third-order valence-electron chi connectivity index (χ3n) is 3.85. The highest BCUT2D eigenvalue weighted by atomic mass is 16.5. The van der Waals surface area contributed by atoms with E-state index in [1.165, 1.54) is 12.8 Å². The fourth-order valence-electron chi connectivity index (χ4n) is 2.84. The zero-order chi connectivity index (χ0) is 12.2. The van der Waals surface area contributed by atoms with Crippen molar-refractivity contribution in [3.8, 4) is 0 Å². The van der Waals surface area contributed by atoms with Crippen LogP contribution in [0.15, 0.2) is 0 Å². The number of hydrogen-bond donors (Lipinski definition) is 1. The van der Waals surface area contributed by atoms with E-state index in [-0.39, 0.29) is 11.8 Å². The molecular formula is C14H29NO. The van der Waals surface area contributed by atoms with E-state index in [0.717, 1.165) is 25.2 Å². The lowest BCUT2D eigenvalue weighted by atomic mass is 9.84. The first kappa shape index (κ1) is 14.0. The van der Waals surface area contributed by atoms with E-state index in [1.54, 1.807) is 0 Å². The van der Waals surface area contributed by atoms with Gasteiger partial charge in [-0.25, -0.2) is 0 Å².